The van der Waals surface area contributed by atoms with Crippen molar-refractivity contribution in [2.45, 2.75) is 19.4 Å². The minimum Gasteiger partial charge on any atom is -0.361 e. The Labute approximate surface area is 116 Å². The molecule has 1 aromatic carbocycles. The summed E-state index contributed by atoms with van der Waals surface area (Å²) in [5.74, 6) is 0. The SMILES string of the molecule is C[C@@H](NCCc1c[nH]c2ccccc12)c1nccs1. The lowest BCUT2D eigenvalue weighted by atomic mass is 10.1. The molecular formula is C15H17N3S. The molecule has 0 saturated carbocycles. The molecule has 0 aliphatic carbocycles. The first-order valence-electron chi connectivity index (χ1n) is 6.52. The highest BCUT2D eigenvalue weighted by Gasteiger charge is 2.07. The molecule has 0 spiro atoms. The monoisotopic (exact) mass is 271 g/mol. The largest absolute Gasteiger partial charge is 0.361 e. The Morgan fingerprint density at radius 3 is 3.11 bits per heavy atom. The molecule has 3 nitrogen and oxygen atoms in total. The van der Waals surface area contributed by atoms with Crippen molar-refractivity contribution in [2.75, 3.05) is 6.54 Å². The maximum Gasteiger partial charge on any atom is 0.109 e. The van der Waals surface area contributed by atoms with E-state index in [-0.39, 0.29) is 0 Å². The van der Waals surface area contributed by atoms with Crippen LogP contribution in [0.25, 0.3) is 10.9 Å². The molecule has 0 aliphatic rings. The molecule has 98 valence electrons. The lowest BCUT2D eigenvalue weighted by Gasteiger charge is -2.10. The highest BCUT2D eigenvalue weighted by molar-refractivity contribution is 7.09. The fourth-order valence-corrected chi connectivity index (χ4v) is 2.97. The van der Waals surface area contributed by atoms with Crippen LogP contribution >= 0.6 is 11.3 Å². The third-order valence-corrected chi connectivity index (χ3v) is 4.30. The number of nitrogens with one attached hydrogen (secondary N) is 2. The lowest BCUT2D eigenvalue weighted by molar-refractivity contribution is 0.575. The van der Waals surface area contributed by atoms with Crippen molar-refractivity contribution in [1.29, 1.82) is 0 Å². The molecule has 2 aromatic heterocycles. The van der Waals surface area contributed by atoms with Crippen molar-refractivity contribution in [3.63, 3.8) is 0 Å². The van der Waals surface area contributed by atoms with Crippen molar-refractivity contribution < 1.29 is 0 Å². The van der Waals surface area contributed by atoms with Crippen LogP contribution in [0.2, 0.25) is 0 Å². The van der Waals surface area contributed by atoms with Gasteiger partial charge in [0.15, 0.2) is 0 Å². The van der Waals surface area contributed by atoms with E-state index < -0.39 is 0 Å². The van der Waals surface area contributed by atoms with Crippen molar-refractivity contribution in [3.8, 4) is 0 Å². The second-order valence-electron chi connectivity index (χ2n) is 4.66. The van der Waals surface area contributed by atoms with Gasteiger partial charge in [0.1, 0.15) is 5.01 Å². The van der Waals surface area contributed by atoms with Gasteiger partial charge < -0.3 is 10.3 Å². The number of benzene rings is 1. The second kappa shape index (κ2) is 5.55. The molecular weight excluding hydrogens is 254 g/mol. The number of aromatic amines is 1. The van der Waals surface area contributed by atoms with E-state index in [1.807, 2.05) is 11.6 Å². The Hall–Kier alpha value is -1.65. The summed E-state index contributed by atoms with van der Waals surface area (Å²) in [7, 11) is 0. The normalized spacial score (nSPS) is 12.9. The Morgan fingerprint density at radius 2 is 2.26 bits per heavy atom. The maximum absolute atomic E-state index is 4.33. The number of fused-ring (bicyclic) bond motifs is 1. The first-order valence-corrected chi connectivity index (χ1v) is 7.40. The minimum atomic E-state index is 0.324. The predicted molar refractivity (Wildman–Crippen MR) is 80.5 cm³/mol. The van der Waals surface area contributed by atoms with Crippen molar-refractivity contribution in [3.05, 3.63) is 52.6 Å². The molecule has 0 aliphatic heterocycles. The zero-order chi connectivity index (χ0) is 13.1. The van der Waals surface area contributed by atoms with Gasteiger partial charge in [-0.2, -0.15) is 0 Å². The first kappa shape index (κ1) is 12.4. The van der Waals surface area contributed by atoms with Crippen LogP contribution in [0.4, 0.5) is 0 Å². The molecule has 0 bridgehead atoms. The molecule has 2 N–H and O–H groups in total. The molecule has 4 heteroatoms. The molecule has 0 fully saturated rings. The van der Waals surface area contributed by atoms with Gasteiger partial charge in [0.05, 0.1) is 6.04 Å². The number of H-pyrrole nitrogens is 1. The summed E-state index contributed by atoms with van der Waals surface area (Å²) >= 11 is 1.70. The van der Waals surface area contributed by atoms with Crippen LogP contribution in [-0.2, 0) is 6.42 Å². The Kier molecular flexibility index (Phi) is 3.62. The van der Waals surface area contributed by atoms with Crippen molar-refractivity contribution in [1.82, 2.24) is 15.3 Å². The van der Waals surface area contributed by atoms with Gasteiger partial charge in [0.2, 0.25) is 0 Å². The summed E-state index contributed by atoms with van der Waals surface area (Å²) in [6, 6.07) is 8.76. The summed E-state index contributed by atoms with van der Waals surface area (Å²) in [5, 5.41) is 8.02. The van der Waals surface area contributed by atoms with E-state index in [0.717, 1.165) is 18.0 Å². The van der Waals surface area contributed by atoms with Crippen LogP contribution in [0.3, 0.4) is 0 Å². The zero-order valence-electron chi connectivity index (χ0n) is 10.9. The highest BCUT2D eigenvalue weighted by Crippen LogP contribution is 2.18. The predicted octanol–water partition coefficient (Wildman–Crippen LogP) is 3.52. The molecule has 0 unspecified atom stereocenters. The van der Waals surface area contributed by atoms with Gasteiger partial charge in [0, 0.05) is 28.7 Å². The van der Waals surface area contributed by atoms with Gasteiger partial charge in [0.25, 0.3) is 0 Å². The van der Waals surface area contributed by atoms with E-state index in [1.165, 1.54) is 16.5 Å². The second-order valence-corrected chi connectivity index (χ2v) is 5.58. The van der Waals surface area contributed by atoms with Gasteiger partial charge in [-0.25, -0.2) is 4.98 Å². The van der Waals surface area contributed by atoms with Gasteiger partial charge >= 0.3 is 0 Å². The summed E-state index contributed by atoms with van der Waals surface area (Å²) in [6.45, 7) is 3.12. The number of thiazole rings is 1. The van der Waals surface area contributed by atoms with Crippen LogP contribution in [0.5, 0.6) is 0 Å². The Morgan fingerprint density at radius 1 is 1.37 bits per heavy atom. The van der Waals surface area contributed by atoms with Crippen LogP contribution in [0.15, 0.2) is 42.0 Å². The van der Waals surface area contributed by atoms with E-state index in [4.69, 9.17) is 0 Å². The zero-order valence-corrected chi connectivity index (χ0v) is 11.7. The van der Waals surface area contributed by atoms with Crippen LogP contribution in [0.1, 0.15) is 23.5 Å². The number of hydrogen-bond donors (Lipinski definition) is 2. The van der Waals surface area contributed by atoms with Gasteiger partial charge in [-0.05, 0) is 31.5 Å². The van der Waals surface area contributed by atoms with E-state index in [0.29, 0.717) is 6.04 Å². The molecule has 0 radical (unpaired) electrons. The van der Waals surface area contributed by atoms with Crippen LogP contribution in [0, 0.1) is 0 Å². The average molecular weight is 271 g/mol. The number of para-hydroxylation sites is 1. The standard InChI is InChI=1S/C15H17N3S/c1-11(15-17-8-9-19-15)16-7-6-12-10-18-14-5-3-2-4-13(12)14/h2-5,8-11,16,18H,6-7H2,1H3/t11-/m1/s1. The molecule has 0 amide bonds. The summed E-state index contributed by atoms with van der Waals surface area (Å²) < 4.78 is 0. The Bertz CT molecular complexity index is 642. The molecule has 1 atom stereocenters. The molecule has 3 rings (SSSR count). The fourth-order valence-electron chi connectivity index (χ4n) is 2.30. The first-order chi connectivity index (χ1) is 9.34. The number of rotatable bonds is 5. The smallest absolute Gasteiger partial charge is 0.109 e. The van der Waals surface area contributed by atoms with Gasteiger partial charge in [-0.15, -0.1) is 11.3 Å². The minimum absolute atomic E-state index is 0.324. The van der Waals surface area contributed by atoms with E-state index in [2.05, 4.69) is 52.7 Å². The summed E-state index contributed by atoms with van der Waals surface area (Å²) in [6.07, 6.45) is 5.00. The third-order valence-electron chi connectivity index (χ3n) is 3.34. The third kappa shape index (κ3) is 2.69. The topological polar surface area (TPSA) is 40.7 Å². The van der Waals surface area contributed by atoms with Crippen molar-refractivity contribution >= 4 is 22.2 Å². The summed E-state index contributed by atoms with van der Waals surface area (Å²) in [4.78, 5) is 7.65. The van der Waals surface area contributed by atoms with Gasteiger partial charge in [-0.3, -0.25) is 0 Å². The molecule has 3 aromatic rings. The van der Waals surface area contributed by atoms with Crippen molar-refractivity contribution in [2.24, 2.45) is 0 Å². The number of aromatic nitrogens is 2. The van der Waals surface area contributed by atoms with Crippen LogP contribution < -0.4 is 5.32 Å². The van der Waals surface area contributed by atoms with E-state index >= 15 is 0 Å². The quantitative estimate of drug-likeness (QED) is 0.745. The average Bonchev–Trinajstić information content (AvgIpc) is 3.08. The van der Waals surface area contributed by atoms with E-state index in [9.17, 15) is 0 Å². The maximum atomic E-state index is 4.33. The van der Waals surface area contributed by atoms with Gasteiger partial charge in [-0.1, -0.05) is 18.2 Å². The Balaban J connectivity index is 1.61. The highest BCUT2D eigenvalue weighted by atomic mass is 32.1. The number of nitrogens with zero attached hydrogens (tertiary/aromatic N) is 1. The molecule has 0 saturated heterocycles. The molecule has 2 heterocycles. The lowest BCUT2D eigenvalue weighted by Crippen LogP contribution is -2.21. The molecule has 19 heavy (non-hydrogen) atoms. The fraction of sp³-hybridized carbons (Fsp3) is 0.267. The van der Waals surface area contributed by atoms with Crippen LogP contribution in [-0.4, -0.2) is 16.5 Å². The van der Waals surface area contributed by atoms with E-state index in [1.54, 1.807) is 11.3 Å². The summed E-state index contributed by atoms with van der Waals surface area (Å²) in [5.41, 5.74) is 2.58. The number of hydrogen-bond acceptors (Lipinski definition) is 3.